The summed E-state index contributed by atoms with van der Waals surface area (Å²) >= 11 is 0. The van der Waals surface area contributed by atoms with Gasteiger partial charge in [-0.15, -0.1) is 0 Å². The highest BCUT2D eigenvalue weighted by molar-refractivity contribution is 5.78. The number of aliphatic hydroxyl groups is 1. The number of amides is 1. The van der Waals surface area contributed by atoms with Gasteiger partial charge in [0.25, 0.3) is 0 Å². The van der Waals surface area contributed by atoms with E-state index in [0.717, 1.165) is 12.5 Å². The van der Waals surface area contributed by atoms with Gasteiger partial charge in [0.1, 0.15) is 0 Å². The van der Waals surface area contributed by atoms with E-state index in [2.05, 4.69) is 17.2 Å². The van der Waals surface area contributed by atoms with Crippen LogP contribution < -0.4 is 11.3 Å². The van der Waals surface area contributed by atoms with Gasteiger partial charge in [0, 0.05) is 18.6 Å². The molecule has 7 unspecified atom stereocenters. The molecule has 3 fully saturated rings. The molecule has 7 atom stereocenters. The third kappa shape index (κ3) is 1.54. The molecule has 1 saturated heterocycles. The minimum absolute atomic E-state index is 0.120. The molecule has 2 saturated carbocycles. The largest absolute Gasteiger partial charge is 0.391 e. The van der Waals surface area contributed by atoms with Crippen LogP contribution in [0.15, 0.2) is 0 Å². The van der Waals surface area contributed by atoms with E-state index in [9.17, 15) is 9.90 Å². The van der Waals surface area contributed by atoms with Crippen molar-refractivity contribution in [3.8, 4) is 0 Å². The lowest BCUT2D eigenvalue weighted by Crippen LogP contribution is -2.50. The molecule has 5 nitrogen and oxygen atoms in total. The van der Waals surface area contributed by atoms with Crippen molar-refractivity contribution in [2.24, 2.45) is 29.5 Å². The van der Waals surface area contributed by atoms with Gasteiger partial charge in [0.2, 0.25) is 5.91 Å². The molecule has 0 aromatic carbocycles. The summed E-state index contributed by atoms with van der Waals surface area (Å²) in [4.78, 5) is 14.0. The van der Waals surface area contributed by atoms with Crippen molar-refractivity contribution < 1.29 is 9.90 Å². The first-order valence-corrected chi connectivity index (χ1v) is 6.98. The Morgan fingerprint density at radius 3 is 2.72 bits per heavy atom. The Labute approximate surface area is 108 Å². The second-order valence-corrected chi connectivity index (χ2v) is 6.37. The summed E-state index contributed by atoms with van der Waals surface area (Å²) in [6.45, 7) is 5.02. The number of nitrogens with zero attached hydrogens (tertiary/aromatic N) is 1. The van der Waals surface area contributed by atoms with E-state index in [0.29, 0.717) is 11.8 Å². The molecular formula is C13H23N3O2. The number of aliphatic hydroxyl groups excluding tert-OH is 1. The topological polar surface area (TPSA) is 78.6 Å². The fourth-order valence-electron chi connectivity index (χ4n) is 4.55. The van der Waals surface area contributed by atoms with Crippen molar-refractivity contribution in [1.29, 1.82) is 0 Å². The van der Waals surface area contributed by atoms with Crippen molar-refractivity contribution in [3.05, 3.63) is 0 Å². The van der Waals surface area contributed by atoms with Crippen LogP contribution in [-0.2, 0) is 4.79 Å². The molecule has 0 radical (unpaired) electrons. The highest BCUT2D eigenvalue weighted by atomic mass is 16.3. The molecule has 0 spiro atoms. The van der Waals surface area contributed by atoms with Crippen molar-refractivity contribution in [3.63, 3.8) is 0 Å². The molecular weight excluding hydrogens is 230 g/mol. The average Bonchev–Trinajstić information content (AvgIpc) is 2.97. The van der Waals surface area contributed by atoms with Crippen LogP contribution in [0.4, 0.5) is 0 Å². The van der Waals surface area contributed by atoms with E-state index in [1.165, 1.54) is 12.8 Å². The summed E-state index contributed by atoms with van der Waals surface area (Å²) in [6.07, 6.45) is 2.16. The molecule has 3 aliphatic rings. The monoisotopic (exact) mass is 253 g/mol. The van der Waals surface area contributed by atoms with Crippen LogP contribution in [0.5, 0.6) is 0 Å². The Morgan fingerprint density at radius 1 is 1.39 bits per heavy atom. The van der Waals surface area contributed by atoms with Gasteiger partial charge < -0.3 is 5.11 Å². The van der Waals surface area contributed by atoms with Crippen molar-refractivity contribution in [1.82, 2.24) is 10.3 Å². The zero-order valence-electron chi connectivity index (χ0n) is 11.0. The fourth-order valence-corrected chi connectivity index (χ4v) is 4.55. The maximum atomic E-state index is 11.7. The second kappa shape index (κ2) is 4.18. The molecule has 2 aliphatic carbocycles. The zero-order chi connectivity index (χ0) is 13.0. The summed E-state index contributed by atoms with van der Waals surface area (Å²) in [5.74, 6) is 6.84. The maximum absolute atomic E-state index is 11.7. The Hall–Kier alpha value is -0.650. The third-order valence-corrected chi connectivity index (χ3v) is 5.69. The molecule has 1 amide bonds. The van der Waals surface area contributed by atoms with Gasteiger partial charge >= 0.3 is 0 Å². The summed E-state index contributed by atoms with van der Waals surface area (Å²) in [6, 6.07) is 0.411. The van der Waals surface area contributed by atoms with Crippen LogP contribution in [-0.4, -0.2) is 40.6 Å². The van der Waals surface area contributed by atoms with Crippen LogP contribution in [0, 0.1) is 23.7 Å². The smallest absolute Gasteiger partial charge is 0.238 e. The van der Waals surface area contributed by atoms with Gasteiger partial charge in [-0.1, -0.05) is 6.92 Å². The standard InChI is InChI=1S/C13H23N3O2/c1-6(13(18)15-14)7(2)16-5-9-3-8-4-10(9)11(16)12(8)17/h6-12,17H,3-5,14H2,1-2H3,(H,15,18). The summed E-state index contributed by atoms with van der Waals surface area (Å²) in [5, 5.41) is 10.3. The fraction of sp³-hybridized carbons (Fsp3) is 0.923. The number of hydrazine groups is 1. The van der Waals surface area contributed by atoms with E-state index < -0.39 is 0 Å². The molecule has 1 aliphatic heterocycles. The first-order valence-electron chi connectivity index (χ1n) is 6.98. The third-order valence-electron chi connectivity index (χ3n) is 5.69. The molecule has 2 bridgehead atoms. The molecule has 102 valence electrons. The van der Waals surface area contributed by atoms with Crippen LogP contribution in [0.3, 0.4) is 0 Å². The number of hydrogen-bond donors (Lipinski definition) is 3. The Balaban J connectivity index is 1.76. The lowest BCUT2D eigenvalue weighted by molar-refractivity contribution is -0.127. The van der Waals surface area contributed by atoms with Gasteiger partial charge in [-0.2, -0.15) is 0 Å². The van der Waals surface area contributed by atoms with Crippen LogP contribution in [0.25, 0.3) is 0 Å². The number of rotatable bonds is 3. The highest BCUT2D eigenvalue weighted by Gasteiger charge is 2.59. The number of carbonyl (C=O) groups is 1. The second-order valence-electron chi connectivity index (χ2n) is 6.37. The molecule has 0 aromatic heterocycles. The van der Waals surface area contributed by atoms with E-state index >= 15 is 0 Å². The summed E-state index contributed by atoms with van der Waals surface area (Å²) in [5.41, 5.74) is 2.23. The van der Waals surface area contributed by atoms with Crippen molar-refractivity contribution in [2.75, 3.05) is 6.54 Å². The van der Waals surface area contributed by atoms with Crippen LogP contribution >= 0.6 is 0 Å². The maximum Gasteiger partial charge on any atom is 0.238 e. The van der Waals surface area contributed by atoms with Crippen molar-refractivity contribution >= 4 is 5.91 Å². The quantitative estimate of drug-likeness (QED) is 0.367. The van der Waals surface area contributed by atoms with Gasteiger partial charge in [-0.05, 0) is 37.5 Å². The molecule has 5 heteroatoms. The number of carbonyl (C=O) groups excluding carboxylic acids is 1. The van der Waals surface area contributed by atoms with Crippen molar-refractivity contribution in [2.45, 2.75) is 44.9 Å². The van der Waals surface area contributed by atoms with E-state index in [4.69, 9.17) is 5.84 Å². The molecule has 0 aromatic rings. The summed E-state index contributed by atoms with van der Waals surface area (Å²) in [7, 11) is 0. The molecule has 3 rings (SSSR count). The summed E-state index contributed by atoms with van der Waals surface area (Å²) < 4.78 is 0. The van der Waals surface area contributed by atoms with Gasteiger partial charge in [0.15, 0.2) is 0 Å². The number of likely N-dealkylation sites (tertiary alicyclic amines) is 1. The number of nitrogens with two attached hydrogens (primary N) is 1. The van der Waals surface area contributed by atoms with Gasteiger partial charge in [-0.3, -0.25) is 15.1 Å². The Kier molecular flexibility index (Phi) is 2.88. The minimum Gasteiger partial charge on any atom is -0.391 e. The van der Waals surface area contributed by atoms with E-state index in [-0.39, 0.29) is 30.0 Å². The SMILES string of the molecule is CC(C(=O)NN)C(C)N1CC2CC3CC2C1C3O. The van der Waals surface area contributed by atoms with Gasteiger partial charge in [-0.25, -0.2) is 5.84 Å². The minimum atomic E-state index is -0.190. The van der Waals surface area contributed by atoms with Gasteiger partial charge in [0.05, 0.1) is 12.0 Å². The normalized spacial score (nSPS) is 45.2. The predicted octanol–water partition coefficient (Wildman–Crippen LogP) is -0.298. The number of hydrogen-bond acceptors (Lipinski definition) is 4. The van der Waals surface area contributed by atoms with E-state index in [1.54, 1.807) is 0 Å². The highest BCUT2D eigenvalue weighted by Crippen LogP contribution is 2.55. The van der Waals surface area contributed by atoms with E-state index in [1.807, 2.05) is 6.92 Å². The van der Waals surface area contributed by atoms with Crippen LogP contribution in [0.2, 0.25) is 0 Å². The molecule has 1 heterocycles. The average molecular weight is 253 g/mol. The number of fused-ring (bicyclic) bond motifs is 1. The Morgan fingerprint density at radius 2 is 2.11 bits per heavy atom. The molecule has 4 N–H and O–H groups in total. The number of nitrogens with one attached hydrogen (secondary N) is 1. The lowest BCUT2D eigenvalue weighted by atomic mass is 9.88. The lowest BCUT2D eigenvalue weighted by Gasteiger charge is -2.35. The molecule has 18 heavy (non-hydrogen) atoms. The predicted molar refractivity (Wildman–Crippen MR) is 67.2 cm³/mol. The Bertz CT molecular complexity index is 360. The first kappa shape index (κ1) is 12.4. The van der Waals surface area contributed by atoms with Crippen LogP contribution in [0.1, 0.15) is 26.7 Å². The first-order chi connectivity index (χ1) is 8.54. The zero-order valence-corrected chi connectivity index (χ0v) is 11.0.